The molecule has 4 nitrogen and oxygen atoms in total. The van der Waals surface area contributed by atoms with Gasteiger partial charge >= 0.3 is 0 Å². The second-order valence-electron chi connectivity index (χ2n) is 3.41. The molecule has 1 aliphatic rings. The Labute approximate surface area is 109 Å². The number of nitrogens with one attached hydrogen (secondary N) is 1. The van der Waals surface area contributed by atoms with Gasteiger partial charge in [-0.05, 0) is 25.6 Å². The molecule has 0 aromatic rings. The number of carbonyl (C=O) groups excluding carboxylic acids is 2. The van der Waals surface area contributed by atoms with Crippen LogP contribution in [0.4, 0.5) is 0 Å². The SMILES string of the molecule is CC.CC1(NC(N)=S)C(=O)CCC(Br)C1=O. The van der Waals surface area contributed by atoms with Crippen molar-refractivity contribution < 1.29 is 9.59 Å². The third-order valence-electron chi connectivity index (χ3n) is 2.33. The third kappa shape index (κ3) is 3.25. The third-order valence-corrected chi connectivity index (χ3v) is 3.31. The fourth-order valence-electron chi connectivity index (χ4n) is 1.47. The highest BCUT2D eigenvalue weighted by Gasteiger charge is 2.46. The number of halogens is 1. The number of hydrogen-bond acceptors (Lipinski definition) is 3. The Morgan fingerprint density at radius 3 is 2.50 bits per heavy atom. The molecule has 2 atom stereocenters. The normalized spacial score (nSPS) is 29.1. The number of Topliss-reactive ketones (excluding diaryl/α,β-unsaturated/α-hetero) is 2. The summed E-state index contributed by atoms with van der Waals surface area (Å²) >= 11 is 7.86. The van der Waals surface area contributed by atoms with E-state index >= 15 is 0 Å². The minimum absolute atomic E-state index is 0.0317. The summed E-state index contributed by atoms with van der Waals surface area (Å²) in [5.74, 6) is -0.368. The Kier molecular flexibility index (Phi) is 6.10. The van der Waals surface area contributed by atoms with Crippen molar-refractivity contribution in [3.05, 3.63) is 0 Å². The summed E-state index contributed by atoms with van der Waals surface area (Å²) in [6, 6.07) is 0. The topological polar surface area (TPSA) is 72.2 Å². The minimum atomic E-state index is -1.25. The number of carbonyl (C=O) groups is 2. The van der Waals surface area contributed by atoms with Crippen molar-refractivity contribution in [1.29, 1.82) is 0 Å². The van der Waals surface area contributed by atoms with Gasteiger partial charge in [0.2, 0.25) is 0 Å². The van der Waals surface area contributed by atoms with Gasteiger partial charge in [0.15, 0.2) is 22.2 Å². The van der Waals surface area contributed by atoms with Gasteiger partial charge in [0.25, 0.3) is 0 Å². The van der Waals surface area contributed by atoms with Gasteiger partial charge in [-0.15, -0.1) is 0 Å². The Morgan fingerprint density at radius 2 is 2.06 bits per heavy atom. The number of thiocarbonyl (C=S) groups is 1. The number of nitrogens with two attached hydrogens (primary N) is 1. The summed E-state index contributed by atoms with van der Waals surface area (Å²) in [5, 5.41) is 2.54. The van der Waals surface area contributed by atoms with E-state index in [0.717, 1.165) is 0 Å². The van der Waals surface area contributed by atoms with Crippen LogP contribution in [-0.4, -0.2) is 27.0 Å². The highest BCUT2D eigenvalue weighted by molar-refractivity contribution is 9.10. The van der Waals surface area contributed by atoms with Gasteiger partial charge in [-0.25, -0.2) is 0 Å². The molecule has 0 aliphatic heterocycles. The van der Waals surface area contributed by atoms with E-state index < -0.39 is 5.54 Å². The zero-order valence-corrected chi connectivity index (χ0v) is 12.1. The molecule has 0 heterocycles. The molecule has 0 radical (unpaired) electrons. The molecule has 2 unspecified atom stereocenters. The Bertz CT molecular complexity index is 309. The molecule has 16 heavy (non-hydrogen) atoms. The maximum Gasteiger partial charge on any atom is 0.179 e. The molecular formula is C10H17BrN2O2S. The van der Waals surface area contributed by atoms with Gasteiger partial charge in [0.1, 0.15) is 0 Å². The van der Waals surface area contributed by atoms with E-state index in [1.807, 2.05) is 13.8 Å². The van der Waals surface area contributed by atoms with Gasteiger partial charge in [-0.2, -0.15) is 0 Å². The lowest BCUT2D eigenvalue weighted by atomic mass is 9.81. The lowest BCUT2D eigenvalue weighted by molar-refractivity contribution is -0.137. The smallest absolute Gasteiger partial charge is 0.179 e. The van der Waals surface area contributed by atoms with E-state index in [1.165, 1.54) is 6.92 Å². The molecule has 0 aromatic carbocycles. The monoisotopic (exact) mass is 308 g/mol. The zero-order valence-electron chi connectivity index (χ0n) is 9.67. The fraction of sp³-hybridized carbons (Fsp3) is 0.700. The summed E-state index contributed by atoms with van der Waals surface area (Å²) in [6.45, 7) is 5.52. The lowest BCUT2D eigenvalue weighted by Gasteiger charge is -2.33. The maximum absolute atomic E-state index is 11.7. The summed E-state index contributed by atoms with van der Waals surface area (Å²) < 4.78 is 0. The molecule has 0 aromatic heterocycles. The van der Waals surface area contributed by atoms with Crippen molar-refractivity contribution >= 4 is 44.8 Å². The highest BCUT2D eigenvalue weighted by atomic mass is 79.9. The molecular weight excluding hydrogens is 292 g/mol. The van der Waals surface area contributed by atoms with Gasteiger partial charge in [-0.1, -0.05) is 29.8 Å². The van der Waals surface area contributed by atoms with Gasteiger partial charge in [0, 0.05) is 6.42 Å². The molecule has 0 bridgehead atoms. The van der Waals surface area contributed by atoms with Crippen LogP contribution < -0.4 is 11.1 Å². The van der Waals surface area contributed by atoms with Crippen LogP contribution >= 0.6 is 28.1 Å². The Morgan fingerprint density at radius 1 is 1.56 bits per heavy atom. The first-order chi connectivity index (χ1) is 7.38. The van der Waals surface area contributed by atoms with Gasteiger partial charge in [0.05, 0.1) is 4.83 Å². The summed E-state index contributed by atoms with van der Waals surface area (Å²) in [7, 11) is 0. The van der Waals surface area contributed by atoms with Crippen molar-refractivity contribution in [1.82, 2.24) is 5.32 Å². The second-order valence-corrected chi connectivity index (χ2v) is 4.95. The zero-order chi connectivity index (χ0) is 12.9. The molecule has 0 spiro atoms. The number of rotatable bonds is 1. The van der Waals surface area contributed by atoms with Crippen LogP contribution in [-0.2, 0) is 9.59 Å². The van der Waals surface area contributed by atoms with E-state index in [-0.39, 0.29) is 21.5 Å². The summed E-state index contributed by atoms with van der Waals surface area (Å²) in [6.07, 6.45) is 0.889. The van der Waals surface area contributed by atoms with Crippen LogP contribution in [0.2, 0.25) is 0 Å². The number of hydrogen-bond donors (Lipinski definition) is 2. The van der Waals surface area contributed by atoms with Crippen LogP contribution in [0.3, 0.4) is 0 Å². The molecule has 1 aliphatic carbocycles. The molecule has 0 saturated heterocycles. The van der Waals surface area contributed by atoms with E-state index in [4.69, 9.17) is 5.73 Å². The first-order valence-corrected chi connectivity index (χ1v) is 6.49. The molecule has 3 N–H and O–H groups in total. The molecule has 0 amide bonds. The van der Waals surface area contributed by atoms with Crippen molar-refractivity contribution in [3.63, 3.8) is 0 Å². The highest BCUT2D eigenvalue weighted by Crippen LogP contribution is 2.26. The predicted molar refractivity (Wildman–Crippen MR) is 71.6 cm³/mol. The molecule has 1 rings (SSSR count). The average Bonchev–Trinajstić information content (AvgIpc) is 2.24. The van der Waals surface area contributed by atoms with Crippen molar-refractivity contribution in [2.45, 2.75) is 44.0 Å². The van der Waals surface area contributed by atoms with Crippen molar-refractivity contribution in [2.75, 3.05) is 0 Å². The largest absolute Gasteiger partial charge is 0.376 e. The quantitative estimate of drug-likeness (QED) is 0.434. The van der Waals surface area contributed by atoms with E-state index in [9.17, 15) is 9.59 Å². The van der Waals surface area contributed by atoms with Crippen molar-refractivity contribution in [2.24, 2.45) is 5.73 Å². The van der Waals surface area contributed by atoms with Crippen LogP contribution in [0, 0.1) is 0 Å². The van der Waals surface area contributed by atoms with Crippen LogP contribution in [0.25, 0.3) is 0 Å². The average molecular weight is 309 g/mol. The molecule has 1 fully saturated rings. The van der Waals surface area contributed by atoms with E-state index in [2.05, 4.69) is 33.5 Å². The molecule has 1 saturated carbocycles. The Hall–Kier alpha value is -0.490. The first kappa shape index (κ1) is 15.5. The van der Waals surface area contributed by atoms with Crippen LogP contribution in [0.5, 0.6) is 0 Å². The fourth-order valence-corrected chi connectivity index (χ4v) is 2.36. The summed E-state index contributed by atoms with van der Waals surface area (Å²) in [5.41, 5.74) is 4.03. The van der Waals surface area contributed by atoms with Crippen LogP contribution in [0.15, 0.2) is 0 Å². The Balaban J connectivity index is 0.00000106. The lowest BCUT2D eigenvalue weighted by Crippen LogP contribution is -2.63. The summed E-state index contributed by atoms with van der Waals surface area (Å²) in [4.78, 5) is 23.0. The van der Waals surface area contributed by atoms with Gasteiger partial charge in [-0.3, -0.25) is 9.59 Å². The second kappa shape index (κ2) is 6.30. The number of ketones is 2. The van der Waals surface area contributed by atoms with Crippen LogP contribution in [0.1, 0.15) is 33.6 Å². The number of alkyl halides is 1. The van der Waals surface area contributed by atoms with E-state index in [0.29, 0.717) is 12.8 Å². The first-order valence-electron chi connectivity index (χ1n) is 5.17. The minimum Gasteiger partial charge on any atom is -0.376 e. The molecule has 6 heteroatoms. The van der Waals surface area contributed by atoms with Gasteiger partial charge < -0.3 is 11.1 Å². The van der Waals surface area contributed by atoms with Crippen molar-refractivity contribution in [3.8, 4) is 0 Å². The predicted octanol–water partition coefficient (Wildman–Crippen LogP) is 1.30. The molecule has 92 valence electrons. The standard InChI is InChI=1S/C8H11BrN2O2S.C2H6/c1-8(11-7(10)14)5(12)3-2-4(9)6(8)13;1-2/h4H,2-3H2,1H3,(H3,10,11,14);1-2H3. The van der Waals surface area contributed by atoms with E-state index in [1.54, 1.807) is 0 Å². The maximum atomic E-state index is 11.7.